The van der Waals surface area contributed by atoms with E-state index in [4.69, 9.17) is 61.6 Å². The van der Waals surface area contributed by atoms with Crippen LogP contribution in [0.1, 0.15) is 43.7 Å². The van der Waals surface area contributed by atoms with Crippen molar-refractivity contribution in [1.82, 2.24) is 0 Å². The Morgan fingerprint density at radius 1 is 0.329 bits per heavy atom. The number of carbonyl (C=O) groups excluding carboxylic acids is 1. The lowest BCUT2D eigenvalue weighted by molar-refractivity contribution is -0.222. The minimum Gasteiger partial charge on any atom is -0.450 e. The van der Waals surface area contributed by atoms with Crippen LogP contribution >= 0.6 is 0 Å². The molecule has 0 bridgehead atoms. The lowest BCUT2D eigenvalue weighted by Gasteiger charge is -2.27. The number of esters is 1. The molecule has 0 aromatic heterocycles. The maximum Gasteiger partial charge on any atom is 0.338 e. The summed E-state index contributed by atoms with van der Waals surface area (Å²) in [5.41, 5.74) is 6.17. The Morgan fingerprint density at radius 2 is 0.620 bits per heavy atom. The fourth-order valence-electron chi connectivity index (χ4n) is 9.86. The lowest BCUT2D eigenvalue weighted by atomic mass is 10.1. The summed E-state index contributed by atoms with van der Waals surface area (Å²) in [5, 5.41) is 0. The highest BCUT2D eigenvalue weighted by Gasteiger charge is 2.53. The maximum absolute atomic E-state index is 14.0. The smallest absolute Gasteiger partial charge is 0.338 e. The van der Waals surface area contributed by atoms with Gasteiger partial charge in [0.25, 0.3) is 0 Å². The Kier molecular flexibility index (Phi) is 20.6. The third kappa shape index (κ3) is 15.7. The van der Waals surface area contributed by atoms with E-state index in [9.17, 15) is 4.79 Å². The number of methoxy groups -OCH3 is 1. The number of carbonyl (C=O) groups is 1. The van der Waals surface area contributed by atoms with Crippen molar-refractivity contribution in [2.45, 2.75) is 113 Å². The summed E-state index contributed by atoms with van der Waals surface area (Å²) >= 11 is 0. The summed E-state index contributed by atoms with van der Waals surface area (Å²) in [4.78, 5) is 14.0. The molecule has 0 spiro atoms. The monoisotopic (exact) mass is 1070 g/mol. The van der Waals surface area contributed by atoms with E-state index >= 15 is 0 Å². The van der Waals surface area contributed by atoms with E-state index in [-0.39, 0.29) is 39.6 Å². The van der Waals surface area contributed by atoms with Crippen molar-refractivity contribution in [1.29, 1.82) is 0 Å². The van der Waals surface area contributed by atoms with Crippen LogP contribution in [0, 0.1) is 0 Å². The van der Waals surface area contributed by atoms with Gasteiger partial charge in [0.05, 0.1) is 65.0 Å². The van der Waals surface area contributed by atoms with Crippen LogP contribution in [0.25, 0.3) is 0 Å². The van der Waals surface area contributed by atoms with E-state index < -0.39 is 79.8 Å². The fourth-order valence-corrected chi connectivity index (χ4v) is 9.86. The summed E-state index contributed by atoms with van der Waals surface area (Å²) in [6.07, 6.45) is -9.67. The molecule has 10 rings (SSSR count). The zero-order valence-electron chi connectivity index (χ0n) is 44.2. The van der Waals surface area contributed by atoms with Crippen molar-refractivity contribution in [3.05, 3.63) is 251 Å². The molecule has 0 aliphatic carbocycles. The second kappa shape index (κ2) is 29.1. The van der Waals surface area contributed by atoms with Crippen molar-refractivity contribution in [3.63, 3.8) is 0 Å². The van der Waals surface area contributed by atoms with Crippen molar-refractivity contribution in [2.75, 3.05) is 26.9 Å². The topological polar surface area (TPSA) is 137 Å². The van der Waals surface area contributed by atoms with Crippen LogP contribution in [0.15, 0.2) is 212 Å². The molecule has 3 fully saturated rings. The molecule has 12 atom stereocenters. The van der Waals surface area contributed by atoms with Gasteiger partial charge in [-0.25, -0.2) is 4.79 Å². The molecule has 0 unspecified atom stereocenters. The zero-order chi connectivity index (χ0) is 53.9. The van der Waals surface area contributed by atoms with Gasteiger partial charge in [0.15, 0.2) is 25.0 Å². The Morgan fingerprint density at radius 3 is 1.00 bits per heavy atom. The first-order valence-electron chi connectivity index (χ1n) is 26.9. The SMILES string of the molecule is CO[C@H]1O[C@H](CO[C@H]2O[C@H](CO[C@H]3O[C@H](COCc4ccccc4)[C@@H](OCc4ccccc4)[C@@H]3OC(=O)c3ccccc3)[C@@H](OCc3ccccc3)[C@@H]2OCc2ccccc2)[C@@H](OCc2ccccc2)[C@@H]1OCc1ccccc1. The highest BCUT2D eigenvalue weighted by Crippen LogP contribution is 2.36. The van der Waals surface area contributed by atoms with E-state index in [0.29, 0.717) is 25.4 Å². The van der Waals surface area contributed by atoms with Gasteiger partial charge in [-0.2, -0.15) is 0 Å². The van der Waals surface area contributed by atoms with Crippen molar-refractivity contribution in [2.24, 2.45) is 0 Å². The normalized spacial score (nSPS) is 25.6. The van der Waals surface area contributed by atoms with Crippen LogP contribution in [0.5, 0.6) is 0 Å². The van der Waals surface area contributed by atoms with Crippen LogP contribution < -0.4 is 0 Å². The van der Waals surface area contributed by atoms with Crippen LogP contribution in [0.4, 0.5) is 0 Å². The summed E-state index contributed by atoms with van der Waals surface area (Å²) in [6, 6.07) is 68.1. The van der Waals surface area contributed by atoms with E-state index in [1.54, 1.807) is 31.4 Å². The summed E-state index contributed by atoms with van der Waals surface area (Å²) in [5.74, 6) is -0.561. The van der Waals surface area contributed by atoms with Gasteiger partial charge in [-0.1, -0.05) is 200 Å². The molecule has 0 saturated carbocycles. The Labute approximate surface area is 462 Å². The van der Waals surface area contributed by atoms with Gasteiger partial charge in [-0.3, -0.25) is 0 Å². The molecule has 0 radical (unpaired) electrons. The van der Waals surface area contributed by atoms with Gasteiger partial charge in [-0.05, 0) is 45.5 Å². The molecule has 3 saturated heterocycles. The molecule has 3 heterocycles. The Balaban J connectivity index is 0.921. The molecule has 0 amide bonds. The molecule has 14 heteroatoms. The van der Waals surface area contributed by atoms with Gasteiger partial charge in [0.1, 0.15) is 48.8 Å². The zero-order valence-corrected chi connectivity index (χ0v) is 44.2. The molecule has 7 aromatic rings. The first-order valence-corrected chi connectivity index (χ1v) is 26.9. The molecule has 3 aliphatic heterocycles. The predicted octanol–water partition coefficient (Wildman–Crippen LogP) is 10.2. The third-order valence-corrected chi connectivity index (χ3v) is 14.0. The minimum absolute atomic E-state index is 0.00764. The minimum atomic E-state index is -1.13. The Hall–Kier alpha value is -6.47. The summed E-state index contributed by atoms with van der Waals surface area (Å²) < 4.78 is 86.0. The number of rotatable bonds is 28. The first kappa shape index (κ1) is 55.8. The Bertz CT molecular complexity index is 2820. The van der Waals surface area contributed by atoms with Crippen LogP contribution in [0.3, 0.4) is 0 Å². The van der Waals surface area contributed by atoms with Crippen LogP contribution in [-0.4, -0.2) is 107 Å². The lowest BCUT2D eigenvalue weighted by Crippen LogP contribution is -2.43. The van der Waals surface area contributed by atoms with E-state index in [0.717, 1.165) is 33.4 Å². The predicted molar refractivity (Wildman–Crippen MR) is 292 cm³/mol. The molecule has 412 valence electrons. The number of hydrogen-bond acceptors (Lipinski definition) is 14. The van der Waals surface area contributed by atoms with Gasteiger partial charge in [0.2, 0.25) is 0 Å². The van der Waals surface area contributed by atoms with Gasteiger partial charge in [0, 0.05) is 7.11 Å². The second-order valence-electron chi connectivity index (χ2n) is 19.6. The average molecular weight is 1070 g/mol. The number of hydrogen-bond donors (Lipinski definition) is 0. The van der Waals surface area contributed by atoms with Gasteiger partial charge >= 0.3 is 5.97 Å². The number of ether oxygens (including phenoxy) is 13. The highest BCUT2D eigenvalue weighted by atomic mass is 16.8. The molecular formula is C65H68O14. The average Bonchev–Trinajstić information content (AvgIpc) is 4.25. The molecular weight excluding hydrogens is 1000 g/mol. The molecule has 7 aromatic carbocycles. The second-order valence-corrected chi connectivity index (χ2v) is 19.6. The van der Waals surface area contributed by atoms with Crippen molar-refractivity contribution < 1.29 is 66.4 Å². The molecule has 14 nitrogen and oxygen atoms in total. The standard InChI is InChI=1S/C65H68O14/c1-67-63-59(72-41-50-31-17-6-18-32-50)56(69-38-47-25-11-3-12-26-47)54(76-63)44-74-64-60(73-42-51-33-19-7-20-34-51)57(70-39-48-27-13-4-14-28-48)55(78-64)45-75-65-61(79-62(66)52-35-21-8-22-36-52)58(71-40-49-29-15-5-16-30-49)53(77-65)43-68-37-46-23-9-2-10-24-46/h2-36,53-61,63-65H,37-45H2,1H3/t53-,54-,55-,56-,57-,58-,59+,60+,61+,63+,64+,65+/m1/s1. The first-order chi connectivity index (χ1) is 39.0. The molecule has 3 aliphatic rings. The third-order valence-electron chi connectivity index (χ3n) is 14.0. The highest BCUT2D eigenvalue weighted by molar-refractivity contribution is 5.89. The quantitative estimate of drug-likeness (QED) is 0.0430. The van der Waals surface area contributed by atoms with Crippen molar-refractivity contribution in [3.8, 4) is 0 Å². The van der Waals surface area contributed by atoms with Crippen molar-refractivity contribution >= 4 is 5.97 Å². The van der Waals surface area contributed by atoms with Gasteiger partial charge < -0.3 is 61.6 Å². The molecule has 0 N–H and O–H groups in total. The largest absolute Gasteiger partial charge is 0.450 e. The van der Waals surface area contributed by atoms with E-state index in [1.165, 1.54) is 0 Å². The van der Waals surface area contributed by atoms with Crippen LogP contribution in [-0.2, 0) is 101 Å². The van der Waals surface area contributed by atoms with E-state index in [2.05, 4.69) is 0 Å². The maximum atomic E-state index is 14.0. The fraction of sp³-hybridized carbons (Fsp3) is 0.338. The summed E-state index contributed by atoms with van der Waals surface area (Å²) in [7, 11) is 1.59. The van der Waals surface area contributed by atoms with Crippen LogP contribution in [0.2, 0.25) is 0 Å². The number of benzene rings is 7. The van der Waals surface area contributed by atoms with Gasteiger partial charge in [-0.15, -0.1) is 0 Å². The van der Waals surface area contributed by atoms with E-state index in [1.807, 2.05) is 188 Å². The molecule has 79 heavy (non-hydrogen) atoms. The summed E-state index contributed by atoms with van der Waals surface area (Å²) in [6.45, 7) is 1.64.